The maximum atomic E-state index is 5.62. The Bertz CT molecular complexity index is 405. The Kier molecular flexibility index (Phi) is 4.26. The van der Waals surface area contributed by atoms with Gasteiger partial charge in [-0.25, -0.2) is 0 Å². The van der Waals surface area contributed by atoms with Gasteiger partial charge < -0.3 is 15.0 Å². The number of ether oxygens (including phenoxy) is 1. The number of rotatable bonds is 7. The fourth-order valence-corrected chi connectivity index (χ4v) is 2.52. The molecule has 0 amide bonds. The van der Waals surface area contributed by atoms with Gasteiger partial charge in [0.25, 0.3) is 0 Å². The van der Waals surface area contributed by atoms with Gasteiger partial charge in [-0.15, -0.1) is 0 Å². The van der Waals surface area contributed by atoms with Crippen LogP contribution in [0.4, 0.5) is 0 Å². The van der Waals surface area contributed by atoms with Gasteiger partial charge in [-0.3, -0.25) is 0 Å². The molecule has 0 radical (unpaired) electrons. The minimum Gasteiger partial charge on any atom is -0.370 e. The number of hydrogen-bond acceptors (Lipinski definition) is 5. The number of aryl methyl sites for hydroxylation is 1. The first-order valence-electron chi connectivity index (χ1n) is 7.10. The molecule has 0 spiro atoms. The highest BCUT2D eigenvalue weighted by molar-refractivity contribution is 5.06. The number of nitrogens with zero attached hydrogens (tertiary/aromatic N) is 2. The van der Waals surface area contributed by atoms with Gasteiger partial charge in [-0.2, -0.15) is 4.98 Å². The molecule has 2 N–H and O–H groups in total. The molecular weight excluding hydrogens is 242 g/mol. The van der Waals surface area contributed by atoms with Crippen LogP contribution in [0.1, 0.15) is 57.7 Å². The summed E-state index contributed by atoms with van der Waals surface area (Å²) in [4.78, 5) is 4.50. The lowest BCUT2D eigenvalue weighted by Gasteiger charge is -2.37. The second-order valence-electron chi connectivity index (χ2n) is 6.27. The zero-order valence-corrected chi connectivity index (χ0v) is 12.2. The number of hydrogen-bond donors (Lipinski definition) is 1. The van der Waals surface area contributed by atoms with E-state index < -0.39 is 0 Å². The van der Waals surface area contributed by atoms with Crippen LogP contribution in [-0.4, -0.2) is 23.8 Å². The fourth-order valence-electron chi connectivity index (χ4n) is 2.52. The summed E-state index contributed by atoms with van der Waals surface area (Å²) in [6.07, 6.45) is 5.96. The summed E-state index contributed by atoms with van der Waals surface area (Å²) in [5.74, 6) is 1.43. The van der Waals surface area contributed by atoms with E-state index in [1.807, 2.05) is 0 Å². The molecule has 1 heterocycles. The van der Waals surface area contributed by atoms with Crippen molar-refractivity contribution in [3.8, 4) is 0 Å². The number of methoxy groups -OCH3 is 1. The highest BCUT2D eigenvalue weighted by Gasteiger charge is 2.43. The predicted octanol–water partition coefficient (Wildman–Crippen LogP) is 2.40. The third-order valence-electron chi connectivity index (χ3n) is 4.26. The monoisotopic (exact) mass is 267 g/mol. The minimum atomic E-state index is -0.283. The van der Waals surface area contributed by atoms with Crippen LogP contribution in [0.15, 0.2) is 4.52 Å². The Balaban J connectivity index is 1.94. The Morgan fingerprint density at radius 1 is 1.37 bits per heavy atom. The first kappa shape index (κ1) is 14.5. The second kappa shape index (κ2) is 5.59. The molecule has 19 heavy (non-hydrogen) atoms. The molecule has 0 atom stereocenters. The maximum Gasteiger partial charge on any atom is 0.226 e. The Morgan fingerprint density at radius 3 is 2.63 bits per heavy atom. The van der Waals surface area contributed by atoms with Crippen molar-refractivity contribution >= 4 is 0 Å². The van der Waals surface area contributed by atoms with Crippen molar-refractivity contribution < 1.29 is 9.26 Å². The summed E-state index contributed by atoms with van der Waals surface area (Å²) >= 11 is 0. The van der Waals surface area contributed by atoms with E-state index in [1.54, 1.807) is 7.11 Å². The molecule has 1 aliphatic rings. The largest absolute Gasteiger partial charge is 0.370 e. The summed E-state index contributed by atoms with van der Waals surface area (Å²) in [6.45, 7) is 5.16. The fraction of sp³-hybridized carbons (Fsp3) is 0.857. The van der Waals surface area contributed by atoms with Gasteiger partial charge in [0.2, 0.25) is 11.7 Å². The molecule has 0 aromatic carbocycles. The molecule has 1 aromatic rings. The highest BCUT2D eigenvalue weighted by Crippen LogP contribution is 2.42. The zero-order valence-electron chi connectivity index (χ0n) is 12.2. The van der Waals surface area contributed by atoms with E-state index in [0.717, 1.165) is 38.6 Å². The summed E-state index contributed by atoms with van der Waals surface area (Å²) in [5, 5.41) is 4.09. The van der Waals surface area contributed by atoms with Gasteiger partial charge in [0.15, 0.2) is 0 Å². The van der Waals surface area contributed by atoms with E-state index >= 15 is 0 Å². The molecule has 1 aromatic heterocycles. The molecule has 108 valence electrons. The smallest absolute Gasteiger partial charge is 0.226 e. The molecule has 0 saturated heterocycles. The highest BCUT2D eigenvalue weighted by atomic mass is 16.5. The Morgan fingerprint density at radius 2 is 2.11 bits per heavy atom. The molecule has 2 rings (SSSR count). The van der Waals surface area contributed by atoms with E-state index in [1.165, 1.54) is 6.42 Å². The number of nitrogens with two attached hydrogens (primary N) is 1. The van der Waals surface area contributed by atoms with Crippen molar-refractivity contribution in [2.45, 2.75) is 58.0 Å². The van der Waals surface area contributed by atoms with Crippen molar-refractivity contribution in [2.75, 3.05) is 13.7 Å². The van der Waals surface area contributed by atoms with Crippen molar-refractivity contribution in [3.63, 3.8) is 0 Å². The molecule has 0 unspecified atom stereocenters. The van der Waals surface area contributed by atoms with Gasteiger partial charge in [0.1, 0.15) is 5.60 Å². The van der Waals surface area contributed by atoms with Crippen molar-refractivity contribution in [3.05, 3.63) is 11.7 Å². The summed E-state index contributed by atoms with van der Waals surface area (Å²) < 4.78 is 10.9. The van der Waals surface area contributed by atoms with Crippen LogP contribution in [-0.2, 0) is 16.8 Å². The lowest BCUT2D eigenvalue weighted by atomic mass is 9.79. The third kappa shape index (κ3) is 3.15. The van der Waals surface area contributed by atoms with E-state index in [-0.39, 0.29) is 11.0 Å². The van der Waals surface area contributed by atoms with Crippen molar-refractivity contribution in [1.29, 1.82) is 0 Å². The molecule has 5 nitrogen and oxygen atoms in total. The van der Waals surface area contributed by atoms with Crippen LogP contribution in [0.25, 0.3) is 0 Å². The summed E-state index contributed by atoms with van der Waals surface area (Å²) in [7, 11) is 1.72. The van der Waals surface area contributed by atoms with E-state index in [9.17, 15) is 0 Å². The first-order chi connectivity index (χ1) is 9.01. The zero-order chi connectivity index (χ0) is 13.9. The van der Waals surface area contributed by atoms with Crippen molar-refractivity contribution in [2.24, 2.45) is 11.1 Å². The molecule has 0 bridgehead atoms. The maximum absolute atomic E-state index is 5.62. The van der Waals surface area contributed by atoms with Crippen LogP contribution in [0.5, 0.6) is 0 Å². The van der Waals surface area contributed by atoms with Crippen molar-refractivity contribution in [1.82, 2.24) is 10.1 Å². The van der Waals surface area contributed by atoms with Gasteiger partial charge in [-0.1, -0.05) is 19.0 Å². The predicted molar refractivity (Wildman–Crippen MR) is 72.6 cm³/mol. The summed E-state index contributed by atoms with van der Waals surface area (Å²) in [5.41, 5.74) is 5.56. The Labute approximate surface area is 114 Å². The molecule has 1 aliphatic carbocycles. The quantitative estimate of drug-likeness (QED) is 0.821. The van der Waals surface area contributed by atoms with Gasteiger partial charge in [-0.05, 0) is 44.1 Å². The molecule has 0 aliphatic heterocycles. The molecule has 1 fully saturated rings. The third-order valence-corrected chi connectivity index (χ3v) is 4.26. The van der Waals surface area contributed by atoms with Crippen LogP contribution < -0.4 is 5.73 Å². The molecule has 1 saturated carbocycles. The molecule has 5 heteroatoms. The first-order valence-corrected chi connectivity index (χ1v) is 7.10. The van der Waals surface area contributed by atoms with E-state index in [2.05, 4.69) is 24.0 Å². The van der Waals surface area contributed by atoms with Gasteiger partial charge >= 0.3 is 0 Å². The lowest BCUT2D eigenvalue weighted by Crippen LogP contribution is -2.37. The average Bonchev–Trinajstić information content (AvgIpc) is 2.75. The van der Waals surface area contributed by atoms with Crippen LogP contribution in [0.2, 0.25) is 0 Å². The standard InChI is InChI=1S/C14H25N3O2/c1-13(2,9-10-15)8-5-11-16-12(17-19-11)14(18-3)6-4-7-14/h4-10,15H2,1-3H3. The summed E-state index contributed by atoms with van der Waals surface area (Å²) in [6, 6.07) is 0. The minimum absolute atomic E-state index is 0.221. The van der Waals surface area contributed by atoms with Crippen LogP contribution in [0.3, 0.4) is 0 Å². The van der Waals surface area contributed by atoms with Gasteiger partial charge in [0.05, 0.1) is 0 Å². The average molecular weight is 267 g/mol. The second-order valence-corrected chi connectivity index (χ2v) is 6.27. The topological polar surface area (TPSA) is 74.2 Å². The molecular formula is C14H25N3O2. The Hall–Kier alpha value is -0.940. The normalized spacial score (nSPS) is 18.3. The SMILES string of the molecule is COC1(c2noc(CCC(C)(C)CCN)n2)CCC1. The van der Waals surface area contributed by atoms with E-state index in [4.69, 9.17) is 15.0 Å². The van der Waals surface area contributed by atoms with Gasteiger partial charge in [0, 0.05) is 13.5 Å². The number of aromatic nitrogens is 2. The van der Waals surface area contributed by atoms with Crippen LogP contribution >= 0.6 is 0 Å². The lowest BCUT2D eigenvalue weighted by molar-refractivity contribution is -0.0858. The van der Waals surface area contributed by atoms with E-state index in [0.29, 0.717) is 11.7 Å². The van der Waals surface area contributed by atoms with Crippen LogP contribution in [0, 0.1) is 5.41 Å².